The molecule has 0 aliphatic carbocycles. The molecule has 5 nitrogen and oxygen atoms in total. The van der Waals surface area contributed by atoms with Crippen LogP contribution in [0.5, 0.6) is 11.5 Å². The summed E-state index contributed by atoms with van der Waals surface area (Å²) in [5.41, 5.74) is 2.06. The molecule has 27 heavy (non-hydrogen) atoms. The minimum Gasteiger partial charge on any atom is -0.455 e. The van der Waals surface area contributed by atoms with Gasteiger partial charge in [-0.1, -0.05) is 30.3 Å². The molecule has 1 saturated heterocycles. The average Bonchev–Trinajstić information content (AvgIpc) is 3.25. The van der Waals surface area contributed by atoms with Gasteiger partial charge < -0.3 is 15.0 Å². The van der Waals surface area contributed by atoms with Crippen molar-refractivity contribution in [1.29, 1.82) is 0 Å². The van der Waals surface area contributed by atoms with Gasteiger partial charge in [0.05, 0.1) is 17.6 Å². The van der Waals surface area contributed by atoms with Gasteiger partial charge in [-0.3, -0.25) is 4.79 Å². The summed E-state index contributed by atoms with van der Waals surface area (Å²) in [6, 6.07) is 20.6. The minimum atomic E-state index is -0.257. The van der Waals surface area contributed by atoms with E-state index in [1.165, 1.54) is 12.8 Å². The fourth-order valence-corrected chi connectivity index (χ4v) is 3.14. The Balaban J connectivity index is 1.48. The maximum Gasteiger partial charge on any atom is 0.274 e. The molecule has 4 rings (SSSR count). The first-order valence-electron chi connectivity index (χ1n) is 9.14. The van der Waals surface area contributed by atoms with E-state index >= 15 is 0 Å². The van der Waals surface area contributed by atoms with Crippen LogP contribution in [0.2, 0.25) is 0 Å². The van der Waals surface area contributed by atoms with Crippen LogP contribution >= 0.6 is 0 Å². The molecule has 0 bridgehead atoms. The number of hydrogen-bond acceptors (Lipinski definition) is 4. The van der Waals surface area contributed by atoms with Crippen LogP contribution in [0.4, 0.5) is 11.4 Å². The number of rotatable bonds is 5. The van der Waals surface area contributed by atoms with Crippen LogP contribution < -0.4 is 15.0 Å². The molecule has 1 aliphatic rings. The fourth-order valence-electron chi connectivity index (χ4n) is 3.14. The summed E-state index contributed by atoms with van der Waals surface area (Å²) in [4.78, 5) is 19.2. The molecule has 2 aromatic carbocycles. The molecular weight excluding hydrogens is 338 g/mol. The fraction of sp³-hybridized carbons (Fsp3) is 0.182. The summed E-state index contributed by atoms with van der Waals surface area (Å²) < 4.78 is 5.89. The number of para-hydroxylation sites is 3. The number of pyridine rings is 1. The second-order valence-corrected chi connectivity index (χ2v) is 6.46. The van der Waals surface area contributed by atoms with Crippen LogP contribution in [0.25, 0.3) is 0 Å². The number of anilines is 2. The summed E-state index contributed by atoms with van der Waals surface area (Å²) in [5.74, 6) is 1.05. The van der Waals surface area contributed by atoms with Gasteiger partial charge >= 0.3 is 0 Å². The third-order valence-electron chi connectivity index (χ3n) is 4.56. The number of hydrogen-bond donors (Lipinski definition) is 1. The van der Waals surface area contributed by atoms with Crippen molar-refractivity contribution in [3.8, 4) is 11.5 Å². The largest absolute Gasteiger partial charge is 0.455 e. The Bertz CT molecular complexity index is 904. The number of nitrogens with one attached hydrogen (secondary N) is 1. The first kappa shape index (κ1) is 17.1. The Kier molecular flexibility index (Phi) is 5.01. The number of aromatic nitrogens is 1. The second kappa shape index (κ2) is 7.91. The molecule has 0 spiro atoms. The van der Waals surface area contributed by atoms with Gasteiger partial charge in [-0.2, -0.15) is 0 Å². The van der Waals surface area contributed by atoms with Crippen LogP contribution in [-0.2, 0) is 0 Å². The van der Waals surface area contributed by atoms with Gasteiger partial charge in [0.25, 0.3) is 5.91 Å². The van der Waals surface area contributed by atoms with Crippen LogP contribution in [0.3, 0.4) is 0 Å². The Labute approximate surface area is 158 Å². The highest BCUT2D eigenvalue weighted by Gasteiger charge is 2.15. The van der Waals surface area contributed by atoms with E-state index in [1.54, 1.807) is 12.3 Å². The molecule has 1 aliphatic heterocycles. The summed E-state index contributed by atoms with van der Waals surface area (Å²) >= 11 is 0. The van der Waals surface area contributed by atoms with E-state index < -0.39 is 0 Å². The van der Waals surface area contributed by atoms with Gasteiger partial charge in [0.2, 0.25) is 0 Å². The Morgan fingerprint density at radius 3 is 2.41 bits per heavy atom. The number of ether oxygens (including phenoxy) is 1. The van der Waals surface area contributed by atoms with Gasteiger partial charge in [0, 0.05) is 13.1 Å². The lowest BCUT2D eigenvalue weighted by Crippen LogP contribution is -2.19. The third kappa shape index (κ3) is 4.08. The zero-order valence-corrected chi connectivity index (χ0v) is 15.0. The van der Waals surface area contributed by atoms with E-state index in [2.05, 4.69) is 15.2 Å². The van der Waals surface area contributed by atoms with E-state index in [9.17, 15) is 4.79 Å². The highest BCUT2D eigenvalue weighted by Crippen LogP contribution is 2.29. The van der Waals surface area contributed by atoms with Crippen LogP contribution in [-0.4, -0.2) is 24.0 Å². The Morgan fingerprint density at radius 1 is 0.926 bits per heavy atom. The molecule has 1 amide bonds. The molecule has 0 unspecified atom stereocenters. The molecule has 0 atom stereocenters. The van der Waals surface area contributed by atoms with Crippen molar-refractivity contribution in [2.24, 2.45) is 0 Å². The van der Waals surface area contributed by atoms with Gasteiger partial charge in [0.1, 0.15) is 11.4 Å². The molecule has 136 valence electrons. The number of carbonyl (C=O) groups is 1. The topological polar surface area (TPSA) is 54.5 Å². The Hall–Kier alpha value is -3.34. The predicted molar refractivity (Wildman–Crippen MR) is 107 cm³/mol. The van der Waals surface area contributed by atoms with Gasteiger partial charge in [0.15, 0.2) is 5.75 Å². The van der Waals surface area contributed by atoms with E-state index in [4.69, 9.17) is 4.74 Å². The number of amides is 1. The van der Waals surface area contributed by atoms with Gasteiger partial charge in [-0.25, -0.2) is 4.98 Å². The molecule has 1 fully saturated rings. The van der Waals surface area contributed by atoms with Crippen molar-refractivity contribution in [1.82, 2.24) is 4.98 Å². The van der Waals surface area contributed by atoms with Crippen molar-refractivity contribution in [2.75, 3.05) is 23.3 Å². The highest BCUT2D eigenvalue weighted by atomic mass is 16.5. The van der Waals surface area contributed by atoms with Crippen molar-refractivity contribution < 1.29 is 9.53 Å². The lowest BCUT2D eigenvalue weighted by molar-refractivity contribution is 0.102. The maximum atomic E-state index is 12.6. The lowest BCUT2D eigenvalue weighted by atomic mass is 10.2. The van der Waals surface area contributed by atoms with E-state index in [0.717, 1.165) is 18.8 Å². The Morgan fingerprint density at radius 2 is 1.67 bits per heavy atom. The standard InChI is InChI=1S/C22H21N3O2/c26-22(20-13-12-17(16-23-20)25-14-6-7-15-25)24-19-10-4-5-11-21(19)27-18-8-2-1-3-9-18/h1-5,8-13,16H,6-7,14-15H2,(H,24,26). The summed E-state index contributed by atoms with van der Waals surface area (Å²) in [6.45, 7) is 2.11. The maximum absolute atomic E-state index is 12.6. The molecule has 0 radical (unpaired) electrons. The highest BCUT2D eigenvalue weighted by molar-refractivity contribution is 6.03. The molecule has 2 heterocycles. The monoisotopic (exact) mass is 359 g/mol. The van der Waals surface area contributed by atoms with Crippen LogP contribution in [0.1, 0.15) is 23.3 Å². The molecule has 5 heteroatoms. The van der Waals surface area contributed by atoms with Gasteiger partial charge in [-0.05, 0) is 49.2 Å². The molecule has 1 N–H and O–H groups in total. The average molecular weight is 359 g/mol. The van der Waals surface area contributed by atoms with Crippen LogP contribution in [0, 0.1) is 0 Å². The third-order valence-corrected chi connectivity index (χ3v) is 4.56. The second-order valence-electron chi connectivity index (χ2n) is 6.46. The number of benzene rings is 2. The van der Waals surface area contributed by atoms with E-state index in [0.29, 0.717) is 22.9 Å². The van der Waals surface area contributed by atoms with Crippen molar-refractivity contribution in [3.63, 3.8) is 0 Å². The summed E-state index contributed by atoms with van der Waals surface area (Å²) in [7, 11) is 0. The van der Waals surface area contributed by atoms with E-state index in [1.807, 2.05) is 60.7 Å². The first-order chi connectivity index (χ1) is 13.3. The molecule has 1 aromatic heterocycles. The number of nitrogens with zero attached hydrogens (tertiary/aromatic N) is 2. The van der Waals surface area contributed by atoms with Crippen molar-refractivity contribution in [3.05, 3.63) is 78.6 Å². The van der Waals surface area contributed by atoms with Crippen molar-refractivity contribution >= 4 is 17.3 Å². The van der Waals surface area contributed by atoms with E-state index in [-0.39, 0.29) is 5.91 Å². The minimum absolute atomic E-state index is 0.257. The lowest BCUT2D eigenvalue weighted by Gasteiger charge is -2.17. The van der Waals surface area contributed by atoms with Crippen LogP contribution in [0.15, 0.2) is 72.9 Å². The molecule has 0 saturated carbocycles. The smallest absolute Gasteiger partial charge is 0.274 e. The SMILES string of the molecule is O=C(Nc1ccccc1Oc1ccccc1)c1ccc(N2CCCC2)cn1. The molecule has 3 aromatic rings. The summed E-state index contributed by atoms with van der Waals surface area (Å²) in [5, 5.41) is 2.90. The zero-order valence-electron chi connectivity index (χ0n) is 15.0. The van der Waals surface area contributed by atoms with Crippen molar-refractivity contribution in [2.45, 2.75) is 12.8 Å². The zero-order chi connectivity index (χ0) is 18.5. The quantitative estimate of drug-likeness (QED) is 0.716. The number of carbonyl (C=O) groups excluding carboxylic acids is 1. The summed E-state index contributed by atoms with van der Waals surface area (Å²) in [6.07, 6.45) is 4.19. The first-order valence-corrected chi connectivity index (χ1v) is 9.14. The molecular formula is C22H21N3O2. The normalized spacial score (nSPS) is 13.4. The van der Waals surface area contributed by atoms with Gasteiger partial charge in [-0.15, -0.1) is 0 Å². The predicted octanol–water partition coefficient (Wildman–Crippen LogP) is 4.73.